The van der Waals surface area contributed by atoms with Gasteiger partial charge in [0.05, 0.1) is 12.2 Å². The van der Waals surface area contributed by atoms with Crippen molar-refractivity contribution in [3.8, 4) is 5.75 Å². The summed E-state index contributed by atoms with van der Waals surface area (Å²) in [5.41, 5.74) is 4.73. The molecule has 1 saturated heterocycles. The van der Waals surface area contributed by atoms with Gasteiger partial charge in [-0.15, -0.1) is 0 Å². The molecule has 1 aromatic carbocycles. The first-order valence-electron chi connectivity index (χ1n) is 8.26. The molecule has 2 atom stereocenters. The lowest BCUT2D eigenvalue weighted by Crippen LogP contribution is -2.48. The van der Waals surface area contributed by atoms with E-state index in [-0.39, 0.29) is 24.7 Å². The van der Waals surface area contributed by atoms with Crippen LogP contribution in [0.4, 0.5) is 0 Å². The van der Waals surface area contributed by atoms with Crippen molar-refractivity contribution in [2.45, 2.75) is 32.5 Å². The maximum atomic E-state index is 11.8. The van der Waals surface area contributed by atoms with Gasteiger partial charge in [-0.1, -0.05) is 11.6 Å². The maximum Gasteiger partial charge on any atom is 0.276 e. The number of amides is 2. The fourth-order valence-corrected chi connectivity index (χ4v) is 2.77. The standard InChI is InChI=1S/C17H24ClN3O4/c1-12-9-21(10-13(2)25-12)8-7-16(22)19-20-17(23)11-24-15-5-3-14(18)4-6-15/h3-6,12-13H,7-11H2,1-2H3,(H,19,22)(H,20,23)/t12-,13-/m0/s1. The summed E-state index contributed by atoms with van der Waals surface area (Å²) in [6.07, 6.45) is 0.630. The molecule has 0 aromatic heterocycles. The Morgan fingerprint density at radius 3 is 2.40 bits per heavy atom. The molecule has 1 heterocycles. The van der Waals surface area contributed by atoms with Crippen LogP contribution in [0.3, 0.4) is 0 Å². The van der Waals surface area contributed by atoms with Crippen LogP contribution in [0.2, 0.25) is 5.02 Å². The first-order valence-corrected chi connectivity index (χ1v) is 8.64. The number of rotatable bonds is 6. The number of morpholine rings is 1. The molecule has 2 rings (SSSR count). The Morgan fingerprint density at radius 1 is 1.16 bits per heavy atom. The Labute approximate surface area is 152 Å². The van der Waals surface area contributed by atoms with E-state index in [4.69, 9.17) is 21.1 Å². The van der Waals surface area contributed by atoms with Crippen LogP contribution < -0.4 is 15.6 Å². The zero-order valence-corrected chi connectivity index (χ0v) is 15.2. The summed E-state index contributed by atoms with van der Waals surface area (Å²) >= 11 is 5.77. The summed E-state index contributed by atoms with van der Waals surface area (Å²) in [5, 5.41) is 0.591. The molecule has 138 valence electrons. The van der Waals surface area contributed by atoms with Crippen molar-refractivity contribution in [2.24, 2.45) is 0 Å². The average Bonchev–Trinajstić information content (AvgIpc) is 2.57. The quantitative estimate of drug-likeness (QED) is 0.740. The van der Waals surface area contributed by atoms with Crippen LogP contribution in [0.1, 0.15) is 20.3 Å². The van der Waals surface area contributed by atoms with Crippen LogP contribution in [-0.2, 0) is 14.3 Å². The smallest absolute Gasteiger partial charge is 0.276 e. The van der Waals surface area contributed by atoms with E-state index in [0.29, 0.717) is 23.7 Å². The molecule has 1 fully saturated rings. The van der Waals surface area contributed by atoms with E-state index in [1.807, 2.05) is 13.8 Å². The van der Waals surface area contributed by atoms with Gasteiger partial charge in [-0.25, -0.2) is 0 Å². The van der Waals surface area contributed by atoms with Crippen LogP contribution in [0.5, 0.6) is 5.75 Å². The van der Waals surface area contributed by atoms with Gasteiger partial charge in [-0.2, -0.15) is 0 Å². The molecule has 25 heavy (non-hydrogen) atoms. The Balaban J connectivity index is 1.60. The number of halogens is 1. The molecule has 1 aromatic rings. The summed E-state index contributed by atoms with van der Waals surface area (Å²) < 4.78 is 10.9. The van der Waals surface area contributed by atoms with Gasteiger partial charge < -0.3 is 9.47 Å². The lowest BCUT2D eigenvalue weighted by molar-refractivity contribution is -0.130. The Bertz CT molecular complexity index is 572. The van der Waals surface area contributed by atoms with E-state index in [0.717, 1.165) is 13.1 Å². The zero-order chi connectivity index (χ0) is 18.2. The van der Waals surface area contributed by atoms with E-state index < -0.39 is 5.91 Å². The second-order valence-corrected chi connectivity index (χ2v) is 6.54. The predicted octanol–water partition coefficient (Wildman–Crippen LogP) is 1.37. The summed E-state index contributed by atoms with van der Waals surface area (Å²) in [6, 6.07) is 6.67. The van der Waals surface area contributed by atoms with Gasteiger partial charge in [-0.05, 0) is 38.1 Å². The Hall–Kier alpha value is -1.83. The minimum absolute atomic E-state index is 0.163. The molecule has 8 heteroatoms. The van der Waals surface area contributed by atoms with Gasteiger partial charge in [0, 0.05) is 31.1 Å². The van der Waals surface area contributed by atoms with Crippen molar-refractivity contribution in [3.05, 3.63) is 29.3 Å². The fourth-order valence-electron chi connectivity index (χ4n) is 2.64. The average molecular weight is 370 g/mol. The van der Waals surface area contributed by atoms with Gasteiger partial charge in [0.2, 0.25) is 5.91 Å². The molecule has 0 aliphatic carbocycles. The van der Waals surface area contributed by atoms with Crippen molar-refractivity contribution >= 4 is 23.4 Å². The van der Waals surface area contributed by atoms with Crippen LogP contribution in [0.25, 0.3) is 0 Å². The maximum absolute atomic E-state index is 11.8. The highest BCUT2D eigenvalue weighted by Gasteiger charge is 2.22. The molecular formula is C17H24ClN3O4. The summed E-state index contributed by atoms with van der Waals surface area (Å²) in [6.45, 7) is 6.08. The number of hydrogen-bond donors (Lipinski definition) is 2. The third kappa shape index (κ3) is 7.29. The number of nitrogens with zero attached hydrogens (tertiary/aromatic N) is 1. The topological polar surface area (TPSA) is 79.9 Å². The summed E-state index contributed by atoms with van der Waals surface area (Å²) in [4.78, 5) is 25.7. The van der Waals surface area contributed by atoms with Crippen LogP contribution in [0.15, 0.2) is 24.3 Å². The van der Waals surface area contributed by atoms with Crippen molar-refractivity contribution in [1.29, 1.82) is 0 Å². The van der Waals surface area contributed by atoms with Gasteiger partial charge >= 0.3 is 0 Å². The lowest BCUT2D eigenvalue weighted by atomic mass is 10.2. The first kappa shape index (κ1) is 19.5. The number of carbonyl (C=O) groups is 2. The van der Waals surface area contributed by atoms with Crippen LogP contribution >= 0.6 is 11.6 Å². The number of carbonyl (C=O) groups excluding carboxylic acids is 2. The minimum Gasteiger partial charge on any atom is -0.484 e. The van der Waals surface area contributed by atoms with Crippen molar-refractivity contribution < 1.29 is 19.1 Å². The molecule has 0 spiro atoms. The van der Waals surface area contributed by atoms with Gasteiger partial charge in [-0.3, -0.25) is 25.3 Å². The number of hydrazine groups is 1. The minimum atomic E-state index is -0.433. The summed E-state index contributed by atoms with van der Waals surface area (Å²) in [5.74, 6) is -0.148. The second kappa shape index (κ2) is 9.60. The number of hydrogen-bond acceptors (Lipinski definition) is 5. The zero-order valence-electron chi connectivity index (χ0n) is 14.5. The SMILES string of the molecule is C[C@H]1CN(CCC(=O)NNC(=O)COc2ccc(Cl)cc2)C[C@H](C)O1. The predicted molar refractivity (Wildman–Crippen MR) is 94.3 cm³/mol. The van der Waals surface area contributed by atoms with Gasteiger partial charge in [0.15, 0.2) is 6.61 Å². The van der Waals surface area contributed by atoms with Crippen LogP contribution in [0, 0.1) is 0 Å². The number of benzene rings is 1. The highest BCUT2D eigenvalue weighted by atomic mass is 35.5. The highest BCUT2D eigenvalue weighted by Crippen LogP contribution is 2.15. The van der Waals surface area contributed by atoms with Gasteiger partial charge in [0.25, 0.3) is 5.91 Å². The molecule has 0 unspecified atom stereocenters. The third-order valence-electron chi connectivity index (χ3n) is 3.68. The molecule has 0 saturated carbocycles. The third-order valence-corrected chi connectivity index (χ3v) is 3.93. The Kier molecular flexibility index (Phi) is 7.49. The summed E-state index contributed by atoms with van der Waals surface area (Å²) in [7, 11) is 0. The largest absolute Gasteiger partial charge is 0.484 e. The lowest BCUT2D eigenvalue weighted by Gasteiger charge is -2.35. The molecule has 7 nitrogen and oxygen atoms in total. The first-order chi connectivity index (χ1) is 11.9. The molecule has 0 bridgehead atoms. The van der Waals surface area contributed by atoms with E-state index >= 15 is 0 Å². The number of nitrogens with one attached hydrogen (secondary N) is 2. The molecule has 2 amide bonds. The normalized spacial score (nSPS) is 20.8. The fraction of sp³-hybridized carbons (Fsp3) is 0.529. The Morgan fingerprint density at radius 2 is 1.76 bits per heavy atom. The molecule has 1 aliphatic heterocycles. The number of ether oxygens (including phenoxy) is 2. The van der Waals surface area contributed by atoms with Crippen molar-refractivity contribution in [2.75, 3.05) is 26.2 Å². The van der Waals surface area contributed by atoms with E-state index in [1.165, 1.54) is 0 Å². The monoisotopic (exact) mass is 369 g/mol. The molecule has 1 aliphatic rings. The van der Waals surface area contributed by atoms with E-state index in [2.05, 4.69) is 15.8 Å². The highest BCUT2D eigenvalue weighted by molar-refractivity contribution is 6.30. The van der Waals surface area contributed by atoms with Gasteiger partial charge in [0.1, 0.15) is 5.75 Å². The molecular weight excluding hydrogens is 346 g/mol. The molecule has 2 N–H and O–H groups in total. The molecule has 0 radical (unpaired) electrons. The van der Waals surface area contributed by atoms with E-state index in [9.17, 15) is 9.59 Å². The van der Waals surface area contributed by atoms with Crippen molar-refractivity contribution in [3.63, 3.8) is 0 Å². The van der Waals surface area contributed by atoms with Crippen LogP contribution in [-0.4, -0.2) is 55.2 Å². The van der Waals surface area contributed by atoms with E-state index in [1.54, 1.807) is 24.3 Å². The second-order valence-electron chi connectivity index (χ2n) is 6.11. The van der Waals surface area contributed by atoms with Crippen molar-refractivity contribution in [1.82, 2.24) is 15.8 Å².